The molecule has 0 aliphatic carbocycles. The van der Waals surface area contributed by atoms with Crippen LogP contribution < -0.4 is 15.4 Å². The van der Waals surface area contributed by atoms with Gasteiger partial charge in [0.25, 0.3) is 5.69 Å². The minimum absolute atomic E-state index is 0.104. The normalized spacial score (nSPS) is 10.1. The number of primary amides is 1. The van der Waals surface area contributed by atoms with Crippen molar-refractivity contribution in [3.8, 4) is 5.75 Å². The number of nitrogens with zero attached hydrogens (tertiary/aromatic N) is 2. The standard InChI is InChI=1S/C18H19N3O4/c1-3-10-25-15-7-4-13(5-8-15)12-20(2)16-9-6-14(18(19)22)11-17(16)21(23)24/h3-9,11H,1,10,12H2,2H3,(H2,19,22). The maximum Gasteiger partial charge on any atom is 0.293 e. The van der Waals surface area contributed by atoms with Gasteiger partial charge in [0.05, 0.1) is 4.92 Å². The van der Waals surface area contributed by atoms with E-state index >= 15 is 0 Å². The molecule has 0 unspecified atom stereocenters. The van der Waals surface area contributed by atoms with Gasteiger partial charge in [0, 0.05) is 25.2 Å². The van der Waals surface area contributed by atoms with Gasteiger partial charge in [-0.25, -0.2) is 0 Å². The van der Waals surface area contributed by atoms with Crippen molar-refractivity contribution in [2.75, 3.05) is 18.6 Å². The fraction of sp³-hybridized carbons (Fsp3) is 0.167. The Labute approximate surface area is 145 Å². The molecule has 0 spiro atoms. The van der Waals surface area contributed by atoms with Crippen molar-refractivity contribution in [2.24, 2.45) is 5.73 Å². The Morgan fingerprint density at radius 2 is 2.00 bits per heavy atom. The molecule has 2 N–H and O–H groups in total. The van der Waals surface area contributed by atoms with Crippen LogP contribution >= 0.6 is 0 Å². The van der Waals surface area contributed by atoms with Gasteiger partial charge < -0.3 is 15.4 Å². The van der Waals surface area contributed by atoms with E-state index in [-0.39, 0.29) is 11.3 Å². The second-order valence-electron chi connectivity index (χ2n) is 5.42. The predicted octanol–water partition coefficient (Wildman–Crippen LogP) is 2.89. The molecule has 7 heteroatoms. The highest BCUT2D eigenvalue weighted by Gasteiger charge is 2.19. The summed E-state index contributed by atoms with van der Waals surface area (Å²) in [4.78, 5) is 23.7. The molecule has 25 heavy (non-hydrogen) atoms. The van der Waals surface area contributed by atoms with Crippen LogP contribution in [-0.2, 0) is 6.54 Å². The summed E-state index contributed by atoms with van der Waals surface area (Å²) in [6.07, 6.45) is 1.66. The fourth-order valence-electron chi connectivity index (χ4n) is 2.35. The van der Waals surface area contributed by atoms with Gasteiger partial charge in [-0.2, -0.15) is 0 Å². The molecule has 0 heterocycles. The van der Waals surface area contributed by atoms with E-state index in [1.54, 1.807) is 18.0 Å². The van der Waals surface area contributed by atoms with E-state index < -0.39 is 10.8 Å². The third kappa shape index (κ3) is 4.57. The first-order valence-corrected chi connectivity index (χ1v) is 7.54. The van der Waals surface area contributed by atoms with E-state index in [0.717, 1.165) is 11.3 Å². The number of hydrogen-bond donors (Lipinski definition) is 1. The summed E-state index contributed by atoms with van der Waals surface area (Å²) < 4.78 is 5.42. The van der Waals surface area contributed by atoms with Crippen LogP contribution in [0, 0.1) is 10.1 Å². The number of anilines is 1. The van der Waals surface area contributed by atoms with Crippen LogP contribution in [0.15, 0.2) is 55.1 Å². The number of carbonyl (C=O) groups excluding carboxylic acids is 1. The first-order chi connectivity index (χ1) is 11.9. The summed E-state index contributed by atoms with van der Waals surface area (Å²) >= 11 is 0. The van der Waals surface area contributed by atoms with Crippen LogP contribution in [0.25, 0.3) is 0 Å². The Hall–Kier alpha value is -3.35. The van der Waals surface area contributed by atoms with Gasteiger partial charge in [-0.1, -0.05) is 24.8 Å². The number of amides is 1. The van der Waals surface area contributed by atoms with E-state index in [4.69, 9.17) is 10.5 Å². The lowest BCUT2D eigenvalue weighted by Crippen LogP contribution is -2.18. The zero-order valence-corrected chi connectivity index (χ0v) is 13.8. The van der Waals surface area contributed by atoms with Gasteiger partial charge in [-0.05, 0) is 29.8 Å². The molecular formula is C18H19N3O4. The fourth-order valence-corrected chi connectivity index (χ4v) is 2.35. The smallest absolute Gasteiger partial charge is 0.293 e. The summed E-state index contributed by atoms with van der Waals surface area (Å²) in [6, 6.07) is 11.6. The lowest BCUT2D eigenvalue weighted by molar-refractivity contribution is -0.384. The zero-order valence-electron chi connectivity index (χ0n) is 13.8. The second-order valence-corrected chi connectivity index (χ2v) is 5.42. The van der Waals surface area contributed by atoms with Crippen molar-refractivity contribution in [2.45, 2.75) is 6.54 Å². The van der Waals surface area contributed by atoms with E-state index in [2.05, 4.69) is 6.58 Å². The van der Waals surface area contributed by atoms with E-state index in [0.29, 0.717) is 18.8 Å². The number of hydrogen-bond acceptors (Lipinski definition) is 5. The average Bonchev–Trinajstić information content (AvgIpc) is 2.60. The summed E-state index contributed by atoms with van der Waals surface area (Å²) in [7, 11) is 1.74. The average molecular weight is 341 g/mol. The molecule has 0 bridgehead atoms. The van der Waals surface area contributed by atoms with Gasteiger partial charge in [-0.15, -0.1) is 0 Å². The Morgan fingerprint density at radius 1 is 1.32 bits per heavy atom. The van der Waals surface area contributed by atoms with Crippen molar-refractivity contribution in [1.82, 2.24) is 0 Å². The highest BCUT2D eigenvalue weighted by Crippen LogP contribution is 2.29. The van der Waals surface area contributed by atoms with Gasteiger partial charge in [-0.3, -0.25) is 14.9 Å². The summed E-state index contributed by atoms with van der Waals surface area (Å²) in [5.74, 6) is 0.0236. The number of nitro groups is 1. The Balaban J connectivity index is 2.19. The van der Waals surface area contributed by atoms with E-state index in [9.17, 15) is 14.9 Å². The number of rotatable bonds is 8. The summed E-state index contributed by atoms with van der Waals surface area (Å²) in [5.41, 5.74) is 6.49. The molecule has 130 valence electrons. The van der Waals surface area contributed by atoms with Crippen LogP contribution in [0.1, 0.15) is 15.9 Å². The highest BCUT2D eigenvalue weighted by atomic mass is 16.6. The molecule has 0 aliphatic heterocycles. The van der Waals surface area contributed by atoms with Crippen LogP contribution in [0.3, 0.4) is 0 Å². The van der Waals surface area contributed by atoms with Gasteiger partial charge >= 0.3 is 0 Å². The molecule has 0 atom stereocenters. The lowest BCUT2D eigenvalue weighted by atomic mass is 10.1. The number of nitrogens with two attached hydrogens (primary N) is 1. The largest absolute Gasteiger partial charge is 0.490 e. The second kappa shape index (κ2) is 7.96. The number of ether oxygens (including phenoxy) is 1. The molecular weight excluding hydrogens is 322 g/mol. The third-order valence-corrected chi connectivity index (χ3v) is 3.58. The van der Waals surface area contributed by atoms with Gasteiger partial charge in [0.1, 0.15) is 18.0 Å². The molecule has 0 aromatic heterocycles. The van der Waals surface area contributed by atoms with Crippen molar-refractivity contribution in [3.05, 3.63) is 76.4 Å². The predicted molar refractivity (Wildman–Crippen MR) is 95.9 cm³/mol. The molecule has 2 aromatic carbocycles. The Kier molecular flexibility index (Phi) is 5.73. The Morgan fingerprint density at radius 3 is 2.56 bits per heavy atom. The SMILES string of the molecule is C=CCOc1ccc(CN(C)c2ccc(C(N)=O)cc2[N+](=O)[O-])cc1. The van der Waals surface area contributed by atoms with Gasteiger partial charge in [0.15, 0.2) is 0 Å². The molecule has 7 nitrogen and oxygen atoms in total. The summed E-state index contributed by atoms with van der Waals surface area (Å²) in [5, 5.41) is 11.3. The molecule has 2 aromatic rings. The van der Waals surface area contributed by atoms with Crippen LogP contribution in [-0.4, -0.2) is 24.5 Å². The lowest BCUT2D eigenvalue weighted by Gasteiger charge is -2.19. The maximum atomic E-state index is 11.3. The molecule has 0 aliphatic rings. The van der Waals surface area contributed by atoms with E-state index in [1.165, 1.54) is 18.2 Å². The number of nitro benzene ring substituents is 1. The molecule has 1 amide bonds. The van der Waals surface area contributed by atoms with Crippen molar-refractivity contribution in [1.29, 1.82) is 0 Å². The first-order valence-electron chi connectivity index (χ1n) is 7.54. The van der Waals surface area contributed by atoms with Crippen LogP contribution in [0.4, 0.5) is 11.4 Å². The van der Waals surface area contributed by atoms with Crippen molar-refractivity contribution < 1.29 is 14.5 Å². The highest BCUT2D eigenvalue weighted by molar-refractivity contribution is 5.94. The minimum atomic E-state index is -0.701. The van der Waals surface area contributed by atoms with Crippen LogP contribution in [0.2, 0.25) is 0 Å². The van der Waals surface area contributed by atoms with Gasteiger partial charge in [0.2, 0.25) is 5.91 Å². The zero-order chi connectivity index (χ0) is 18.4. The van der Waals surface area contributed by atoms with E-state index in [1.807, 2.05) is 24.3 Å². The third-order valence-electron chi connectivity index (χ3n) is 3.58. The monoisotopic (exact) mass is 341 g/mol. The first kappa shape index (κ1) is 18.0. The number of carbonyl (C=O) groups is 1. The number of benzene rings is 2. The maximum absolute atomic E-state index is 11.3. The minimum Gasteiger partial charge on any atom is -0.490 e. The van der Waals surface area contributed by atoms with Crippen molar-refractivity contribution in [3.63, 3.8) is 0 Å². The molecule has 0 fully saturated rings. The quantitative estimate of drug-likeness (QED) is 0.452. The van der Waals surface area contributed by atoms with Crippen molar-refractivity contribution >= 4 is 17.3 Å². The van der Waals surface area contributed by atoms with Crippen LogP contribution in [0.5, 0.6) is 5.75 Å². The topological polar surface area (TPSA) is 98.7 Å². The Bertz CT molecular complexity index is 787. The molecule has 2 rings (SSSR count). The molecule has 0 saturated carbocycles. The summed E-state index contributed by atoms with van der Waals surface area (Å²) in [6.45, 7) is 4.48. The molecule has 0 saturated heterocycles. The molecule has 0 radical (unpaired) electrons.